The average Bonchev–Trinajstić information content (AvgIpc) is 2.59. The number of hydrogen-bond donors (Lipinski definition) is 0. The van der Waals surface area contributed by atoms with Crippen LogP contribution in [0.2, 0.25) is 5.02 Å². The Morgan fingerprint density at radius 1 is 1.04 bits per heavy atom. The zero-order chi connectivity index (χ0) is 16.1. The molecule has 0 aromatic heterocycles. The Balaban J connectivity index is 1.92. The van der Waals surface area contributed by atoms with Crippen molar-refractivity contribution in [2.75, 3.05) is 26.3 Å². The van der Waals surface area contributed by atoms with Crippen molar-refractivity contribution in [3.05, 3.63) is 70.2 Å². The highest BCUT2D eigenvalue weighted by Crippen LogP contribution is 2.27. The first kappa shape index (κ1) is 16.1. The number of benzene rings is 2. The van der Waals surface area contributed by atoms with E-state index < -0.39 is 0 Å². The molecule has 0 amide bonds. The summed E-state index contributed by atoms with van der Waals surface area (Å²) in [4.78, 5) is 2.34. The van der Waals surface area contributed by atoms with Crippen LogP contribution in [0.4, 0.5) is 0 Å². The third-order valence-electron chi connectivity index (χ3n) is 4.02. The summed E-state index contributed by atoms with van der Waals surface area (Å²) >= 11 is 6.42. The molecule has 0 radical (unpaired) electrons. The van der Waals surface area contributed by atoms with Crippen molar-refractivity contribution in [1.82, 2.24) is 4.90 Å². The second kappa shape index (κ2) is 7.66. The summed E-state index contributed by atoms with van der Waals surface area (Å²) < 4.78 is 5.47. The van der Waals surface area contributed by atoms with E-state index in [0.29, 0.717) is 0 Å². The molecule has 0 bridgehead atoms. The summed E-state index contributed by atoms with van der Waals surface area (Å²) in [5.41, 5.74) is 3.34. The molecule has 1 unspecified atom stereocenters. The fourth-order valence-corrected chi connectivity index (χ4v) is 2.93. The minimum atomic E-state index is -0.00565. The zero-order valence-corrected chi connectivity index (χ0v) is 14.0. The minimum absolute atomic E-state index is 0.00565. The van der Waals surface area contributed by atoms with Crippen molar-refractivity contribution in [1.29, 1.82) is 0 Å². The Hall–Kier alpha value is -1.79. The van der Waals surface area contributed by atoms with Crippen LogP contribution in [0.25, 0.3) is 0 Å². The maximum Gasteiger partial charge on any atom is 0.0990 e. The quantitative estimate of drug-likeness (QED) is 0.772. The van der Waals surface area contributed by atoms with Crippen LogP contribution in [0.1, 0.15) is 22.7 Å². The van der Waals surface area contributed by atoms with Crippen LogP contribution in [-0.2, 0) is 4.74 Å². The first-order valence-electron chi connectivity index (χ1n) is 7.88. The molecule has 3 rings (SSSR count). The maximum absolute atomic E-state index is 6.42. The van der Waals surface area contributed by atoms with Gasteiger partial charge in [0.25, 0.3) is 0 Å². The summed E-state index contributed by atoms with van der Waals surface area (Å²) in [5.74, 6) is 6.72. The molecule has 2 aromatic rings. The molecule has 0 N–H and O–H groups in total. The number of aryl methyl sites for hydroxylation is 1. The molecule has 3 heteroatoms. The van der Waals surface area contributed by atoms with Gasteiger partial charge in [-0.05, 0) is 30.7 Å². The Kier molecular flexibility index (Phi) is 5.35. The second-order valence-corrected chi connectivity index (χ2v) is 6.11. The van der Waals surface area contributed by atoms with Gasteiger partial charge in [-0.3, -0.25) is 4.90 Å². The molecule has 1 atom stereocenters. The van der Waals surface area contributed by atoms with E-state index in [2.05, 4.69) is 54.0 Å². The van der Waals surface area contributed by atoms with E-state index in [-0.39, 0.29) is 6.04 Å². The van der Waals surface area contributed by atoms with Crippen LogP contribution in [0.5, 0.6) is 0 Å². The van der Waals surface area contributed by atoms with E-state index in [1.54, 1.807) is 0 Å². The number of nitrogens with zero attached hydrogens (tertiary/aromatic N) is 1. The van der Waals surface area contributed by atoms with E-state index in [1.165, 1.54) is 5.56 Å². The lowest BCUT2D eigenvalue weighted by Gasteiger charge is -2.32. The van der Waals surface area contributed by atoms with E-state index in [9.17, 15) is 0 Å². The normalized spacial score (nSPS) is 16.4. The van der Waals surface area contributed by atoms with Gasteiger partial charge < -0.3 is 4.74 Å². The number of hydrogen-bond acceptors (Lipinski definition) is 2. The minimum Gasteiger partial charge on any atom is -0.379 e. The molecule has 23 heavy (non-hydrogen) atoms. The standard InChI is InChI=1S/C20H20ClNO/c1-16-6-8-17(9-7-16)10-11-20(22-12-14-23-15-13-22)18-4-2-3-5-19(18)21/h2-9,20H,12-15H2,1H3. The van der Waals surface area contributed by atoms with Gasteiger partial charge in [0.05, 0.1) is 19.3 Å². The lowest BCUT2D eigenvalue weighted by molar-refractivity contribution is 0.0270. The number of rotatable bonds is 2. The van der Waals surface area contributed by atoms with Crippen LogP contribution in [-0.4, -0.2) is 31.2 Å². The van der Waals surface area contributed by atoms with Gasteiger partial charge in [0.15, 0.2) is 0 Å². The fourth-order valence-electron chi connectivity index (χ4n) is 2.69. The Labute approximate surface area is 143 Å². The van der Waals surface area contributed by atoms with E-state index in [1.807, 2.05) is 18.2 Å². The Morgan fingerprint density at radius 2 is 1.74 bits per heavy atom. The van der Waals surface area contributed by atoms with Crippen molar-refractivity contribution in [3.63, 3.8) is 0 Å². The highest BCUT2D eigenvalue weighted by molar-refractivity contribution is 6.31. The van der Waals surface area contributed by atoms with Crippen LogP contribution in [0, 0.1) is 18.8 Å². The SMILES string of the molecule is Cc1ccc(C#CC(c2ccccc2Cl)N2CCOCC2)cc1. The third-order valence-corrected chi connectivity index (χ3v) is 4.36. The molecule has 1 heterocycles. The zero-order valence-electron chi connectivity index (χ0n) is 13.3. The second-order valence-electron chi connectivity index (χ2n) is 5.71. The molecule has 1 saturated heterocycles. The topological polar surface area (TPSA) is 12.5 Å². The van der Waals surface area contributed by atoms with Crippen molar-refractivity contribution in [2.45, 2.75) is 13.0 Å². The molecule has 0 saturated carbocycles. The van der Waals surface area contributed by atoms with Crippen LogP contribution < -0.4 is 0 Å². The van der Waals surface area contributed by atoms with E-state index in [4.69, 9.17) is 16.3 Å². The molecule has 2 aromatic carbocycles. The van der Waals surface area contributed by atoms with Gasteiger partial charge in [-0.2, -0.15) is 0 Å². The van der Waals surface area contributed by atoms with Crippen LogP contribution in [0.15, 0.2) is 48.5 Å². The third kappa shape index (κ3) is 4.14. The summed E-state index contributed by atoms with van der Waals surface area (Å²) in [7, 11) is 0. The number of halogens is 1. The monoisotopic (exact) mass is 325 g/mol. The van der Waals surface area contributed by atoms with Gasteiger partial charge >= 0.3 is 0 Å². The lowest BCUT2D eigenvalue weighted by Crippen LogP contribution is -2.38. The first-order chi connectivity index (χ1) is 11.2. The summed E-state index contributed by atoms with van der Waals surface area (Å²) in [6, 6.07) is 16.2. The number of morpholine rings is 1. The van der Waals surface area contributed by atoms with Crippen molar-refractivity contribution in [2.24, 2.45) is 0 Å². The highest BCUT2D eigenvalue weighted by Gasteiger charge is 2.22. The van der Waals surface area contributed by atoms with Crippen molar-refractivity contribution in [3.8, 4) is 11.8 Å². The maximum atomic E-state index is 6.42. The van der Waals surface area contributed by atoms with Crippen LogP contribution in [0.3, 0.4) is 0 Å². The largest absolute Gasteiger partial charge is 0.379 e. The van der Waals surface area contributed by atoms with Gasteiger partial charge in [0.2, 0.25) is 0 Å². The molecule has 2 nitrogen and oxygen atoms in total. The predicted molar refractivity (Wildman–Crippen MR) is 94.6 cm³/mol. The van der Waals surface area contributed by atoms with Gasteiger partial charge in [0, 0.05) is 23.7 Å². The highest BCUT2D eigenvalue weighted by atomic mass is 35.5. The van der Waals surface area contributed by atoms with Crippen LogP contribution >= 0.6 is 11.6 Å². The first-order valence-corrected chi connectivity index (χ1v) is 8.26. The smallest absolute Gasteiger partial charge is 0.0990 e. The molecular weight excluding hydrogens is 306 g/mol. The molecule has 1 aliphatic rings. The van der Waals surface area contributed by atoms with Gasteiger partial charge in [-0.15, -0.1) is 0 Å². The predicted octanol–water partition coefficient (Wildman–Crippen LogP) is 4.07. The van der Waals surface area contributed by atoms with Crippen molar-refractivity contribution >= 4 is 11.6 Å². The number of ether oxygens (including phenoxy) is 1. The van der Waals surface area contributed by atoms with E-state index >= 15 is 0 Å². The molecule has 0 aliphatic carbocycles. The molecule has 1 fully saturated rings. The van der Waals surface area contributed by atoms with Gasteiger partial charge in [-0.1, -0.05) is 59.3 Å². The van der Waals surface area contributed by atoms with Gasteiger partial charge in [-0.25, -0.2) is 0 Å². The molecule has 0 spiro atoms. The lowest BCUT2D eigenvalue weighted by atomic mass is 10.0. The molecular formula is C20H20ClNO. The Bertz CT molecular complexity index is 708. The van der Waals surface area contributed by atoms with Crippen molar-refractivity contribution < 1.29 is 4.74 Å². The average molecular weight is 326 g/mol. The van der Waals surface area contributed by atoms with Gasteiger partial charge in [0.1, 0.15) is 0 Å². The molecule has 118 valence electrons. The molecule has 1 aliphatic heterocycles. The summed E-state index contributed by atoms with van der Waals surface area (Å²) in [6.45, 7) is 5.31. The summed E-state index contributed by atoms with van der Waals surface area (Å²) in [5, 5.41) is 0.766. The Morgan fingerprint density at radius 3 is 2.43 bits per heavy atom. The van der Waals surface area contributed by atoms with E-state index in [0.717, 1.165) is 42.5 Å². The fraction of sp³-hybridized carbons (Fsp3) is 0.300. The summed E-state index contributed by atoms with van der Waals surface area (Å²) in [6.07, 6.45) is 0.